The molecule has 9 nitrogen and oxygen atoms in total. The number of hydrogen-bond donors (Lipinski definition) is 0. The van der Waals surface area contributed by atoms with Crippen LogP contribution in [0.3, 0.4) is 0 Å². The molecule has 0 radical (unpaired) electrons. The SMILES string of the molecule is COc1ccc2nc(N(CCCN3CCOCC3)C(=O)c3ccc(S(=O)(=O)N4CCCc5ccccc54)cc3)sc2c1. The summed E-state index contributed by atoms with van der Waals surface area (Å²) in [6.45, 7) is 4.97. The lowest BCUT2D eigenvalue weighted by molar-refractivity contribution is 0.0376. The zero-order chi connectivity index (χ0) is 29.1. The number of para-hydroxylation sites is 1. The molecule has 3 aromatic carbocycles. The Morgan fingerprint density at radius 3 is 2.62 bits per heavy atom. The highest BCUT2D eigenvalue weighted by molar-refractivity contribution is 7.92. The van der Waals surface area contributed by atoms with Crippen LogP contribution in [0.2, 0.25) is 0 Å². The van der Waals surface area contributed by atoms with E-state index in [9.17, 15) is 13.2 Å². The van der Waals surface area contributed by atoms with E-state index in [0.717, 1.165) is 79.3 Å². The maximum absolute atomic E-state index is 13.9. The summed E-state index contributed by atoms with van der Waals surface area (Å²) in [5.41, 5.74) is 2.96. The topological polar surface area (TPSA) is 92.3 Å². The highest BCUT2D eigenvalue weighted by Crippen LogP contribution is 2.34. The number of nitrogens with zero attached hydrogens (tertiary/aromatic N) is 4. The first-order valence-electron chi connectivity index (χ1n) is 14.2. The molecule has 2 aliphatic heterocycles. The number of methoxy groups -OCH3 is 1. The van der Waals surface area contributed by atoms with Crippen molar-refractivity contribution in [2.24, 2.45) is 0 Å². The van der Waals surface area contributed by atoms with Gasteiger partial charge in [0.25, 0.3) is 15.9 Å². The average molecular weight is 607 g/mol. The molecule has 1 aromatic heterocycles. The van der Waals surface area contributed by atoms with Crippen LogP contribution < -0.4 is 13.9 Å². The molecule has 0 aliphatic carbocycles. The predicted molar refractivity (Wildman–Crippen MR) is 165 cm³/mol. The maximum Gasteiger partial charge on any atom is 0.264 e. The van der Waals surface area contributed by atoms with Crippen LogP contribution in [-0.4, -0.2) is 77.3 Å². The Morgan fingerprint density at radius 1 is 1.05 bits per heavy atom. The molecule has 0 bridgehead atoms. The number of amides is 1. The number of benzene rings is 3. The molecule has 4 aromatic rings. The zero-order valence-electron chi connectivity index (χ0n) is 23.6. The molecule has 220 valence electrons. The molecular weight excluding hydrogens is 572 g/mol. The number of hydrogen-bond acceptors (Lipinski definition) is 8. The predicted octanol–water partition coefficient (Wildman–Crippen LogP) is 4.82. The molecule has 1 amide bonds. The molecule has 0 saturated carbocycles. The van der Waals surface area contributed by atoms with Gasteiger partial charge in [0.2, 0.25) is 0 Å². The number of ether oxygens (including phenoxy) is 2. The third-order valence-corrected chi connectivity index (χ3v) is 10.6. The summed E-state index contributed by atoms with van der Waals surface area (Å²) in [6, 6.07) is 19.6. The molecule has 0 spiro atoms. The van der Waals surface area contributed by atoms with Crippen molar-refractivity contribution in [3.63, 3.8) is 0 Å². The number of aryl methyl sites for hydroxylation is 1. The molecule has 3 heterocycles. The van der Waals surface area contributed by atoms with Crippen LogP contribution in [0.5, 0.6) is 5.75 Å². The number of carbonyl (C=O) groups excluding carboxylic acids is 1. The lowest BCUT2D eigenvalue weighted by Gasteiger charge is -2.30. The van der Waals surface area contributed by atoms with Gasteiger partial charge in [-0.1, -0.05) is 29.5 Å². The molecule has 11 heteroatoms. The van der Waals surface area contributed by atoms with Crippen molar-refractivity contribution >= 4 is 48.3 Å². The van der Waals surface area contributed by atoms with Crippen molar-refractivity contribution in [2.45, 2.75) is 24.2 Å². The largest absolute Gasteiger partial charge is 0.497 e. The van der Waals surface area contributed by atoms with E-state index in [1.54, 1.807) is 24.1 Å². The summed E-state index contributed by atoms with van der Waals surface area (Å²) in [7, 11) is -2.15. The first kappa shape index (κ1) is 28.6. The Morgan fingerprint density at radius 2 is 1.83 bits per heavy atom. The minimum absolute atomic E-state index is 0.168. The quantitative estimate of drug-likeness (QED) is 0.270. The van der Waals surface area contributed by atoms with E-state index in [4.69, 9.17) is 14.5 Å². The third-order valence-electron chi connectivity index (χ3n) is 7.78. The van der Waals surface area contributed by atoms with Crippen LogP contribution in [-0.2, 0) is 21.2 Å². The van der Waals surface area contributed by atoms with E-state index in [2.05, 4.69) is 4.90 Å². The number of anilines is 2. The fourth-order valence-corrected chi connectivity index (χ4v) is 8.06. The summed E-state index contributed by atoms with van der Waals surface area (Å²) in [5, 5.41) is 0.604. The van der Waals surface area contributed by atoms with Crippen molar-refractivity contribution in [3.8, 4) is 5.75 Å². The van der Waals surface area contributed by atoms with Crippen LogP contribution in [0.4, 0.5) is 10.8 Å². The van der Waals surface area contributed by atoms with E-state index in [1.807, 2.05) is 42.5 Å². The van der Waals surface area contributed by atoms with Crippen molar-refractivity contribution < 1.29 is 22.7 Å². The maximum atomic E-state index is 13.9. The third kappa shape index (κ3) is 5.87. The Balaban J connectivity index is 1.25. The van der Waals surface area contributed by atoms with Gasteiger partial charge in [-0.2, -0.15) is 0 Å². The van der Waals surface area contributed by atoms with E-state index < -0.39 is 10.0 Å². The van der Waals surface area contributed by atoms with Crippen molar-refractivity contribution in [1.82, 2.24) is 9.88 Å². The highest BCUT2D eigenvalue weighted by Gasteiger charge is 2.29. The fraction of sp³-hybridized carbons (Fsp3) is 0.355. The molecule has 0 N–H and O–H groups in total. The first-order chi connectivity index (χ1) is 20.4. The summed E-state index contributed by atoms with van der Waals surface area (Å²) in [5.74, 6) is 0.520. The molecule has 42 heavy (non-hydrogen) atoms. The molecule has 6 rings (SSSR count). The van der Waals surface area contributed by atoms with Gasteiger partial charge in [0, 0.05) is 38.3 Å². The highest BCUT2D eigenvalue weighted by atomic mass is 32.2. The van der Waals surface area contributed by atoms with Gasteiger partial charge in [-0.05, 0) is 73.4 Å². The number of rotatable bonds is 9. The van der Waals surface area contributed by atoms with E-state index in [1.165, 1.54) is 27.8 Å². The normalized spacial score (nSPS) is 15.9. The molecular formula is C31H34N4O5S2. The fourth-order valence-electron chi connectivity index (χ4n) is 5.50. The van der Waals surface area contributed by atoms with Crippen LogP contribution in [0, 0.1) is 0 Å². The first-order valence-corrected chi connectivity index (χ1v) is 16.5. The number of fused-ring (bicyclic) bond motifs is 2. The van der Waals surface area contributed by atoms with Crippen LogP contribution >= 0.6 is 11.3 Å². The summed E-state index contributed by atoms with van der Waals surface area (Å²) in [6.07, 6.45) is 2.39. The minimum atomic E-state index is -3.77. The van der Waals surface area contributed by atoms with Gasteiger partial charge in [-0.15, -0.1) is 0 Å². The number of morpholine rings is 1. The lowest BCUT2D eigenvalue weighted by atomic mass is 10.0. The smallest absolute Gasteiger partial charge is 0.264 e. The van der Waals surface area contributed by atoms with Gasteiger partial charge in [-0.3, -0.25) is 18.9 Å². The second-order valence-corrected chi connectivity index (χ2v) is 13.3. The van der Waals surface area contributed by atoms with Crippen molar-refractivity contribution in [3.05, 3.63) is 77.9 Å². The number of sulfonamides is 1. The van der Waals surface area contributed by atoms with Gasteiger partial charge in [0.1, 0.15) is 5.75 Å². The summed E-state index contributed by atoms with van der Waals surface area (Å²) >= 11 is 1.44. The molecule has 2 aliphatic rings. The number of carbonyl (C=O) groups is 1. The van der Waals surface area contributed by atoms with Crippen molar-refractivity contribution in [1.29, 1.82) is 0 Å². The van der Waals surface area contributed by atoms with Gasteiger partial charge in [0.15, 0.2) is 5.13 Å². The molecule has 1 saturated heterocycles. The minimum Gasteiger partial charge on any atom is -0.497 e. The monoisotopic (exact) mass is 606 g/mol. The molecule has 0 unspecified atom stereocenters. The van der Waals surface area contributed by atoms with Gasteiger partial charge in [-0.25, -0.2) is 13.4 Å². The summed E-state index contributed by atoms with van der Waals surface area (Å²) < 4.78 is 40.5. The standard InChI is InChI=1S/C31H34N4O5S2/c1-39-25-11-14-27-29(22-25)41-31(32-27)34(16-5-15-33-18-20-40-21-19-33)30(36)24-9-12-26(13-10-24)42(37,38)35-17-4-7-23-6-2-3-8-28(23)35/h2-3,6,8-14,22H,4-5,7,15-21H2,1H3. The number of thiazole rings is 1. The van der Waals surface area contributed by atoms with Crippen LogP contribution in [0.1, 0.15) is 28.8 Å². The Bertz CT molecular complexity index is 1670. The molecule has 1 fully saturated rings. The van der Waals surface area contributed by atoms with E-state index in [0.29, 0.717) is 23.8 Å². The Labute approximate surface area is 250 Å². The Kier molecular flexibility index (Phi) is 8.43. The Hall–Kier alpha value is -3.51. The molecule has 0 atom stereocenters. The van der Waals surface area contributed by atoms with E-state index >= 15 is 0 Å². The van der Waals surface area contributed by atoms with Crippen LogP contribution in [0.25, 0.3) is 10.2 Å². The lowest BCUT2D eigenvalue weighted by Crippen LogP contribution is -2.39. The van der Waals surface area contributed by atoms with Crippen molar-refractivity contribution in [2.75, 3.05) is 62.3 Å². The second kappa shape index (κ2) is 12.4. The van der Waals surface area contributed by atoms with Gasteiger partial charge >= 0.3 is 0 Å². The van der Waals surface area contributed by atoms with E-state index in [-0.39, 0.29) is 10.8 Å². The van der Waals surface area contributed by atoms with Crippen LogP contribution in [0.15, 0.2) is 71.6 Å². The summed E-state index contributed by atoms with van der Waals surface area (Å²) in [4.78, 5) is 22.9. The average Bonchev–Trinajstić information content (AvgIpc) is 3.46. The second-order valence-electron chi connectivity index (χ2n) is 10.4. The van der Waals surface area contributed by atoms with Gasteiger partial charge in [0.05, 0.1) is 41.1 Å². The van der Waals surface area contributed by atoms with Gasteiger partial charge < -0.3 is 9.47 Å². The zero-order valence-corrected chi connectivity index (χ0v) is 25.2. The number of aromatic nitrogens is 1.